The van der Waals surface area contributed by atoms with Crippen LogP contribution in [0.3, 0.4) is 0 Å². The summed E-state index contributed by atoms with van der Waals surface area (Å²) in [6.07, 6.45) is 1.31. The number of aromatic nitrogens is 1. The van der Waals surface area contributed by atoms with Crippen LogP contribution in [-0.2, 0) is 10.0 Å². The lowest BCUT2D eigenvalue weighted by Gasteiger charge is -2.11. The van der Waals surface area contributed by atoms with Gasteiger partial charge in [0.25, 0.3) is 10.0 Å². The third-order valence-corrected chi connectivity index (χ3v) is 4.60. The van der Waals surface area contributed by atoms with E-state index in [1.807, 2.05) is 0 Å². The topological polar surface area (TPSA) is 85.1 Å². The first-order valence-electron chi connectivity index (χ1n) is 5.18. The van der Waals surface area contributed by atoms with Crippen LogP contribution in [0.15, 0.2) is 35.4 Å². The Morgan fingerprint density at radius 1 is 1.10 bits per heavy atom. The highest BCUT2D eigenvalue weighted by molar-refractivity contribution is 7.93. The van der Waals surface area contributed by atoms with Crippen LogP contribution in [-0.4, -0.2) is 13.4 Å². The highest BCUT2D eigenvalue weighted by Gasteiger charge is 2.22. The van der Waals surface area contributed by atoms with E-state index in [1.54, 1.807) is 0 Å². The van der Waals surface area contributed by atoms with Gasteiger partial charge < -0.3 is 5.73 Å². The molecule has 106 valence electrons. The first-order valence-corrected chi connectivity index (χ1v) is 7.80. The molecule has 5 nitrogen and oxygen atoms in total. The number of rotatable bonds is 3. The Balaban J connectivity index is 2.43. The Morgan fingerprint density at radius 3 is 2.35 bits per heavy atom. The molecule has 1 aromatic carbocycles. The molecular weight excluding hydrogens is 345 g/mol. The first-order chi connectivity index (χ1) is 9.29. The molecular formula is C11H8Cl3N3O2S. The van der Waals surface area contributed by atoms with E-state index in [1.165, 1.54) is 30.5 Å². The summed E-state index contributed by atoms with van der Waals surface area (Å²) < 4.78 is 26.8. The van der Waals surface area contributed by atoms with Crippen LogP contribution in [0.1, 0.15) is 0 Å². The van der Waals surface area contributed by atoms with Crippen molar-refractivity contribution in [1.29, 1.82) is 0 Å². The van der Waals surface area contributed by atoms with Crippen LogP contribution in [0.4, 0.5) is 11.5 Å². The third-order valence-electron chi connectivity index (χ3n) is 2.27. The Kier molecular flexibility index (Phi) is 4.29. The van der Waals surface area contributed by atoms with Crippen molar-refractivity contribution >= 4 is 56.3 Å². The zero-order chi connectivity index (χ0) is 14.9. The van der Waals surface area contributed by atoms with Crippen LogP contribution >= 0.6 is 34.8 Å². The van der Waals surface area contributed by atoms with Gasteiger partial charge in [-0.2, -0.15) is 0 Å². The predicted octanol–water partition coefficient (Wildman–Crippen LogP) is 3.42. The van der Waals surface area contributed by atoms with E-state index < -0.39 is 10.0 Å². The molecule has 2 rings (SSSR count). The summed E-state index contributed by atoms with van der Waals surface area (Å²) in [5.74, 6) is 0.0971. The van der Waals surface area contributed by atoms with Gasteiger partial charge in [0.1, 0.15) is 10.7 Å². The van der Waals surface area contributed by atoms with Gasteiger partial charge in [-0.3, -0.25) is 4.72 Å². The largest absolute Gasteiger partial charge is 0.398 e. The Labute approximate surface area is 130 Å². The monoisotopic (exact) mass is 351 g/mol. The van der Waals surface area contributed by atoms with Gasteiger partial charge in [0, 0.05) is 11.2 Å². The maximum absolute atomic E-state index is 12.2. The second-order valence-electron chi connectivity index (χ2n) is 3.77. The minimum absolute atomic E-state index is 0.0519. The van der Waals surface area contributed by atoms with E-state index in [-0.39, 0.29) is 26.4 Å². The zero-order valence-electron chi connectivity index (χ0n) is 9.77. The molecule has 0 spiro atoms. The van der Waals surface area contributed by atoms with Crippen molar-refractivity contribution in [2.45, 2.75) is 4.90 Å². The quantitative estimate of drug-likeness (QED) is 0.829. The molecule has 1 aromatic heterocycles. The number of hydrogen-bond donors (Lipinski definition) is 2. The van der Waals surface area contributed by atoms with Crippen molar-refractivity contribution in [2.24, 2.45) is 0 Å². The molecule has 0 unspecified atom stereocenters. The molecule has 0 radical (unpaired) electrons. The number of nitrogen functional groups attached to an aromatic ring is 1. The molecule has 0 bridgehead atoms. The van der Waals surface area contributed by atoms with Crippen LogP contribution in [0.25, 0.3) is 0 Å². The molecule has 1 heterocycles. The van der Waals surface area contributed by atoms with E-state index in [0.29, 0.717) is 5.02 Å². The average Bonchev–Trinajstić information content (AvgIpc) is 2.30. The standard InChI is InChI=1S/C11H8Cl3N3O2S/c12-6-1-2-10(16-5-6)17-20(18,19)11-8(14)3-7(13)4-9(11)15/h1-5H,15H2,(H,16,17). The van der Waals surface area contributed by atoms with Gasteiger partial charge in [0.2, 0.25) is 0 Å². The molecule has 0 aliphatic carbocycles. The number of nitrogens with one attached hydrogen (secondary N) is 1. The highest BCUT2D eigenvalue weighted by atomic mass is 35.5. The Bertz CT molecular complexity index is 725. The van der Waals surface area contributed by atoms with Crippen LogP contribution in [0.5, 0.6) is 0 Å². The van der Waals surface area contributed by atoms with Crippen molar-refractivity contribution in [3.05, 3.63) is 45.5 Å². The molecule has 0 atom stereocenters. The molecule has 0 aliphatic rings. The lowest BCUT2D eigenvalue weighted by molar-refractivity contribution is 0.601. The fraction of sp³-hybridized carbons (Fsp3) is 0. The minimum atomic E-state index is -3.98. The van der Waals surface area contributed by atoms with E-state index in [4.69, 9.17) is 40.5 Å². The van der Waals surface area contributed by atoms with Gasteiger partial charge in [-0.05, 0) is 24.3 Å². The Morgan fingerprint density at radius 2 is 1.80 bits per heavy atom. The molecule has 2 aromatic rings. The average molecular weight is 353 g/mol. The lowest BCUT2D eigenvalue weighted by Crippen LogP contribution is -2.16. The van der Waals surface area contributed by atoms with Crippen molar-refractivity contribution in [3.63, 3.8) is 0 Å². The summed E-state index contributed by atoms with van der Waals surface area (Å²) in [7, 11) is -3.98. The number of hydrogen-bond acceptors (Lipinski definition) is 4. The molecule has 0 saturated carbocycles. The van der Waals surface area contributed by atoms with Crippen molar-refractivity contribution in [1.82, 2.24) is 4.98 Å². The normalized spacial score (nSPS) is 11.3. The maximum Gasteiger partial charge on any atom is 0.266 e. The van der Waals surface area contributed by atoms with Crippen LogP contribution < -0.4 is 10.5 Å². The van der Waals surface area contributed by atoms with Gasteiger partial charge in [0.15, 0.2) is 0 Å². The maximum atomic E-state index is 12.2. The lowest BCUT2D eigenvalue weighted by atomic mass is 10.3. The number of sulfonamides is 1. The summed E-state index contributed by atoms with van der Waals surface area (Å²) in [5, 5.41) is 0.560. The van der Waals surface area contributed by atoms with Crippen molar-refractivity contribution in [2.75, 3.05) is 10.5 Å². The number of anilines is 2. The number of halogens is 3. The molecule has 9 heteroatoms. The number of nitrogens with two attached hydrogens (primary N) is 1. The van der Waals surface area contributed by atoms with E-state index >= 15 is 0 Å². The van der Waals surface area contributed by atoms with Crippen LogP contribution in [0, 0.1) is 0 Å². The van der Waals surface area contributed by atoms with Gasteiger partial charge >= 0.3 is 0 Å². The molecule has 0 fully saturated rings. The van der Waals surface area contributed by atoms with E-state index in [9.17, 15) is 8.42 Å². The molecule has 0 amide bonds. The second-order valence-corrected chi connectivity index (χ2v) is 6.67. The number of benzene rings is 1. The second kappa shape index (κ2) is 5.65. The van der Waals surface area contributed by atoms with Crippen molar-refractivity contribution in [3.8, 4) is 0 Å². The highest BCUT2D eigenvalue weighted by Crippen LogP contribution is 2.32. The van der Waals surface area contributed by atoms with Gasteiger partial charge in [-0.1, -0.05) is 34.8 Å². The number of nitrogens with zero attached hydrogens (tertiary/aromatic N) is 1. The minimum Gasteiger partial charge on any atom is -0.398 e. The molecule has 20 heavy (non-hydrogen) atoms. The predicted molar refractivity (Wildman–Crippen MR) is 80.9 cm³/mol. The summed E-state index contributed by atoms with van der Waals surface area (Å²) in [5.41, 5.74) is 5.60. The first kappa shape index (κ1) is 15.2. The zero-order valence-corrected chi connectivity index (χ0v) is 12.9. The van der Waals surface area contributed by atoms with Gasteiger partial charge in [0.05, 0.1) is 15.7 Å². The molecule has 0 aliphatic heterocycles. The fourth-order valence-corrected chi connectivity index (χ4v) is 3.60. The van der Waals surface area contributed by atoms with Gasteiger partial charge in [-0.25, -0.2) is 13.4 Å². The van der Waals surface area contributed by atoms with Crippen molar-refractivity contribution < 1.29 is 8.42 Å². The fourth-order valence-electron chi connectivity index (χ4n) is 1.49. The summed E-state index contributed by atoms with van der Waals surface area (Å²) in [6, 6.07) is 5.51. The molecule has 0 saturated heterocycles. The summed E-state index contributed by atoms with van der Waals surface area (Å²) in [6.45, 7) is 0. The smallest absolute Gasteiger partial charge is 0.266 e. The number of pyridine rings is 1. The summed E-state index contributed by atoms with van der Waals surface area (Å²) in [4.78, 5) is 3.58. The summed E-state index contributed by atoms with van der Waals surface area (Å²) >= 11 is 17.3. The van der Waals surface area contributed by atoms with E-state index in [0.717, 1.165) is 0 Å². The molecule has 3 N–H and O–H groups in total. The Hall–Kier alpha value is -1.21. The SMILES string of the molecule is Nc1cc(Cl)cc(Cl)c1S(=O)(=O)Nc1ccc(Cl)cn1. The van der Waals surface area contributed by atoms with Crippen LogP contribution in [0.2, 0.25) is 15.1 Å². The third kappa shape index (κ3) is 3.27. The van der Waals surface area contributed by atoms with E-state index in [2.05, 4.69) is 9.71 Å². The van der Waals surface area contributed by atoms with Gasteiger partial charge in [-0.15, -0.1) is 0 Å².